The molecule has 1 aromatic carbocycles. The SMILES string of the molecule is CS(=O)(=O)c1cccc(C(=O)N2CCN3[C@@H](COC[C@@H]3C3CC3)C2)c1. The molecular weight excluding hydrogens is 340 g/mol. The lowest BCUT2D eigenvalue weighted by Gasteiger charge is -2.48. The fourth-order valence-corrected chi connectivity index (χ4v) is 4.66. The highest BCUT2D eigenvalue weighted by Gasteiger charge is 2.43. The molecule has 1 aliphatic carbocycles. The van der Waals surface area contributed by atoms with E-state index in [0.717, 1.165) is 25.3 Å². The zero-order chi connectivity index (χ0) is 17.6. The van der Waals surface area contributed by atoms with E-state index in [2.05, 4.69) is 4.90 Å². The Hall–Kier alpha value is -1.44. The predicted octanol–water partition coefficient (Wildman–Crippen LogP) is 1.03. The van der Waals surface area contributed by atoms with Crippen molar-refractivity contribution in [2.75, 3.05) is 39.1 Å². The second-order valence-electron chi connectivity index (χ2n) is 7.39. The molecule has 2 atom stereocenters. The van der Waals surface area contributed by atoms with E-state index in [4.69, 9.17) is 4.74 Å². The van der Waals surface area contributed by atoms with E-state index >= 15 is 0 Å². The first-order chi connectivity index (χ1) is 11.9. The molecule has 2 saturated heterocycles. The molecule has 7 heteroatoms. The summed E-state index contributed by atoms with van der Waals surface area (Å²) in [7, 11) is -3.32. The number of benzene rings is 1. The third kappa shape index (κ3) is 3.45. The molecule has 0 radical (unpaired) electrons. The topological polar surface area (TPSA) is 66.9 Å². The Morgan fingerprint density at radius 2 is 2.00 bits per heavy atom. The molecule has 3 aliphatic rings. The van der Waals surface area contributed by atoms with Gasteiger partial charge in [-0.2, -0.15) is 0 Å². The second-order valence-corrected chi connectivity index (χ2v) is 9.40. The van der Waals surface area contributed by atoms with E-state index in [9.17, 15) is 13.2 Å². The molecular formula is C18H24N2O4S. The molecule has 136 valence electrons. The zero-order valence-corrected chi connectivity index (χ0v) is 15.2. The van der Waals surface area contributed by atoms with Crippen molar-refractivity contribution in [2.24, 2.45) is 5.92 Å². The Labute approximate surface area is 148 Å². The van der Waals surface area contributed by atoms with Crippen LogP contribution in [0.15, 0.2) is 29.2 Å². The van der Waals surface area contributed by atoms with Crippen molar-refractivity contribution in [3.63, 3.8) is 0 Å². The third-order valence-electron chi connectivity index (χ3n) is 5.52. The molecule has 6 nitrogen and oxygen atoms in total. The average Bonchev–Trinajstić information content (AvgIpc) is 3.44. The maximum Gasteiger partial charge on any atom is 0.253 e. The Morgan fingerprint density at radius 3 is 2.72 bits per heavy atom. The number of carbonyl (C=O) groups excluding carboxylic acids is 1. The van der Waals surface area contributed by atoms with Gasteiger partial charge in [0, 0.05) is 37.5 Å². The first kappa shape index (κ1) is 17.0. The minimum Gasteiger partial charge on any atom is -0.378 e. The van der Waals surface area contributed by atoms with Crippen LogP contribution in [0.2, 0.25) is 0 Å². The lowest BCUT2D eigenvalue weighted by Crippen LogP contribution is -2.63. The van der Waals surface area contributed by atoms with Gasteiger partial charge < -0.3 is 9.64 Å². The molecule has 4 rings (SSSR count). The number of nitrogens with zero attached hydrogens (tertiary/aromatic N) is 2. The highest BCUT2D eigenvalue weighted by molar-refractivity contribution is 7.90. The van der Waals surface area contributed by atoms with Gasteiger partial charge in [0.15, 0.2) is 9.84 Å². The van der Waals surface area contributed by atoms with Gasteiger partial charge in [-0.15, -0.1) is 0 Å². The van der Waals surface area contributed by atoms with Gasteiger partial charge >= 0.3 is 0 Å². The number of fused-ring (bicyclic) bond motifs is 1. The summed E-state index contributed by atoms with van der Waals surface area (Å²) >= 11 is 0. The number of morpholine rings is 1. The first-order valence-corrected chi connectivity index (χ1v) is 10.8. The first-order valence-electron chi connectivity index (χ1n) is 8.86. The fraction of sp³-hybridized carbons (Fsp3) is 0.611. The lowest BCUT2D eigenvalue weighted by molar-refractivity contribution is -0.0816. The van der Waals surface area contributed by atoms with E-state index in [1.165, 1.54) is 25.0 Å². The Bertz CT molecular complexity index is 775. The van der Waals surface area contributed by atoms with Crippen LogP contribution in [0.1, 0.15) is 23.2 Å². The number of hydrogen-bond donors (Lipinski definition) is 0. The van der Waals surface area contributed by atoms with E-state index < -0.39 is 9.84 Å². The highest BCUT2D eigenvalue weighted by Crippen LogP contribution is 2.38. The minimum absolute atomic E-state index is 0.0984. The summed E-state index contributed by atoms with van der Waals surface area (Å²) in [6.45, 7) is 3.67. The van der Waals surface area contributed by atoms with Crippen molar-refractivity contribution < 1.29 is 17.9 Å². The van der Waals surface area contributed by atoms with Crippen LogP contribution >= 0.6 is 0 Å². The number of carbonyl (C=O) groups is 1. The van der Waals surface area contributed by atoms with E-state index in [1.807, 2.05) is 4.90 Å². The molecule has 0 unspecified atom stereocenters. The van der Waals surface area contributed by atoms with E-state index in [-0.39, 0.29) is 16.8 Å². The smallest absolute Gasteiger partial charge is 0.253 e. The molecule has 25 heavy (non-hydrogen) atoms. The van der Waals surface area contributed by atoms with E-state index in [1.54, 1.807) is 12.1 Å². The molecule has 1 amide bonds. The Morgan fingerprint density at radius 1 is 1.20 bits per heavy atom. The van der Waals surface area contributed by atoms with Crippen molar-refractivity contribution in [1.29, 1.82) is 0 Å². The summed E-state index contributed by atoms with van der Waals surface area (Å²) in [5, 5.41) is 0. The lowest BCUT2D eigenvalue weighted by atomic mass is 10.0. The van der Waals surface area contributed by atoms with Crippen LogP contribution in [0.4, 0.5) is 0 Å². The molecule has 0 spiro atoms. The van der Waals surface area contributed by atoms with Crippen LogP contribution in [0.5, 0.6) is 0 Å². The van der Waals surface area contributed by atoms with Crippen molar-refractivity contribution in [3.05, 3.63) is 29.8 Å². The quantitative estimate of drug-likeness (QED) is 0.801. The van der Waals surface area contributed by atoms with Crippen molar-refractivity contribution in [1.82, 2.24) is 9.80 Å². The minimum atomic E-state index is -3.32. The molecule has 0 aromatic heterocycles. The summed E-state index contributed by atoms with van der Waals surface area (Å²) < 4.78 is 29.3. The molecule has 0 N–H and O–H groups in total. The van der Waals surface area contributed by atoms with Gasteiger partial charge in [-0.25, -0.2) is 8.42 Å². The molecule has 3 fully saturated rings. The van der Waals surface area contributed by atoms with Crippen LogP contribution in [0.3, 0.4) is 0 Å². The fourth-order valence-electron chi connectivity index (χ4n) is 3.99. The predicted molar refractivity (Wildman–Crippen MR) is 93.3 cm³/mol. The normalized spacial score (nSPS) is 27.8. The highest BCUT2D eigenvalue weighted by atomic mass is 32.2. The zero-order valence-electron chi connectivity index (χ0n) is 14.4. The monoisotopic (exact) mass is 364 g/mol. The summed E-state index contributed by atoms with van der Waals surface area (Å²) in [4.78, 5) is 17.4. The molecule has 1 saturated carbocycles. The maximum atomic E-state index is 12.9. The van der Waals surface area contributed by atoms with Crippen LogP contribution in [-0.2, 0) is 14.6 Å². The van der Waals surface area contributed by atoms with Crippen molar-refractivity contribution >= 4 is 15.7 Å². The molecule has 1 aromatic rings. The average molecular weight is 364 g/mol. The summed E-state index contributed by atoms with van der Waals surface area (Å²) in [5.41, 5.74) is 0.437. The number of amides is 1. The molecule has 2 heterocycles. The van der Waals surface area contributed by atoms with Gasteiger partial charge in [0.05, 0.1) is 24.2 Å². The van der Waals surface area contributed by atoms with Gasteiger partial charge in [-0.1, -0.05) is 6.07 Å². The molecule has 0 bridgehead atoms. The number of sulfone groups is 1. The van der Waals surface area contributed by atoms with Gasteiger partial charge in [-0.05, 0) is 37.0 Å². The standard InChI is InChI=1S/C18H24N2O4S/c1-25(22,23)16-4-2-3-14(9-16)18(21)19-7-8-20-15(10-19)11-24-12-17(20)13-5-6-13/h2-4,9,13,15,17H,5-8,10-12H2,1H3/t15-,17-/m1/s1. The van der Waals surface area contributed by atoms with Crippen molar-refractivity contribution in [3.8, 4) is 0 Å². The third-order valence-corrected chi connectivity index (χ3v) is 6.63. The van der Waals surface area contributed by atoms with Gasteiger partial charge in [0.2, 0.25) is 0 Å². The molecule has 2 aliphatic heterocycles. The Kier molecular flexibility index (Phi) is 4.33. The van der Waals surface area contributed by atoms with Crippen LogP contribution in [-0.4, -0.2) is 75.3 Å². The largest absolute Gasteiger partial charge is 0.378 e. The summed E-state index contributed by atoms with van der Waals surface area (Å²) in [5.74, 6) is 0.662. The Balaban J connectivity index is 1.49. The maximum absolute atomic E-state index is 12.9. The van der Waals surface area contributed by atoms with Crippen LogP contribution in [0.25, 0.3) is 0 Å². The number of ether oxygens (including phenoxy) is 1. The van der Waals surface area contributed by atoms with Crippen LogP contribution < -0.4 is 0 Å². The summed E-state index contributed by atoms with van der Waals surface area (Å²) in [6.07, 6.45) is 3.74. The van der Waals surface area contributed by atoms with Gasteiger partial charge in [-0.3, -0.25) is 9.69 Å². The summed E-state index contributed by atoms with van der Waals surface area (Å²) in [6, 6.07) is 7.08. The van der Waals surface area contributed by atoms with E-state index in [0.29, 0.717) is 31.3 Å². The van der Waals surface area contributed by atoms with Gasteiger partial charge in [0.1, 0.15) is 0 Å². The number of hydrogen-bond acceptors (Lipinski definition) is 5. The second kappa shape index (κ2) is 6.37. The van der Waals surface area contributed by atoms with Gasteiger partial charge in [0.25, 0.3) is 5.91 Å². The van der Waals surface area contributed by atoms with Crippen LogP contribution in [0, 0.1) is 5.92 Å². The number of rotatable bonds is 3. The van der Waals surface area contributed by atoms with Crippen molar-refractivity contribution in [2.45, 2.75) is 29.8 Å². The number of piperazine rings is 1.